The SMILES string of the molecule is O=c1c2cc(-c3ccc4c(c3)OCO4)nn2ccn1Cc1ccccc1. The van der Waals surface area contributed by atoms with Gasteiger partial charge in [-0.1, -0.05) is 30.3 Å². The number of fused-ring (bicyclic) bond motifs is 2. The predicted octanol–water partition coefficient (Wildman–Crippen LogP) is 2.94. The van der Waals surface area contributed by atoms with Crippen molar-refractivity contribution in [3.63, 3.8) is 0 Å². The van der Waals surface area contributed by atoms with Crippen molar-refractivity contribution in [2.24, 2.45) is 0 Å². The van der Waals surface area contributed by atoms with Crippen molar-refractivity contribution < 1.29 is 9.47 Å². The van der Waals surface area contributed by atoms with Crippen molar-refractivity contribution in [1.82, 2.24) is 14.2 Å². The van der Waals surface area contributed by atoms with Gasteiger partial charge >= 0.3 is 0 Å². The molecule has 128 valence electrons. The van der Waals surface area contributed by atoms with E-state index in [1.54, 1.807) is 27.5 Å². The van der Waals surface area contributed by atoms with E-state index in [1.807, 2.05) is 48.5 Å². The molecule has 0 atom stereocenters. The second-order valence-electron chi connectivity index (χ2n) is 6.14. The summed E-state index contributed by atoms with van der Waals surface area (Å²) < 4.78 is 14.1. The minimum atomic E-state index is -0.0733. The van der Waals surface area contributed by atoms with Gasteiger partial charge in [0, 0.05) is 18.0 Å². The van der Waals surface area contributed by atoms with Crippen LogP contribution in [0, 0.1) is 0 Å². The summed E-state index contributed by atoms with van der Waals surface area (Å²) in [6.07, 6.45) is 3.56. The highest BCUT2D eigenvalue weighted by Gasteiger charge is 2.16. The Labute approximate surface area is 148 Å². The zero-order valence-electron chi connectivity index (χ0n) is 13.8. The fourth-order valence-electron chi connectivity index (χ4n) is 3.13. The first-order chi connectivity index (χ1) is 12.8. The molecule has 5 rings (SSSR count). The van der Waals surface area contributed by atoms with Gasteiger partial charge < -0.3 is 14.0 Å². The molecule has 26 heavy (non-hydrogen) atoms. The third-order valence-corrected chi connectivity index (χ3v) is 4.47. The molecule has 4 aromatic rings. The van der Waals surface area contributed by atoms with Gasteiger partial charge in [0.15, 0.2) is 11.5 Å². The van der Waals surface area contributed by atoms with Gasteiger partial charge in [-0.05, 0) is 29.8 Å². The Morgan fingerprint density at radius 3 is 2.69 bits per heavy atom. The number of benzene rings is 2. The van der Waals surface area contributed by atoms with E-state index in [1.165, 1.54) is 0 Å². The largest absolute Gasteiger partial charge is 0.454 e. The first-order valence-electron chi connectivity index (χ1n) is 8.31. The Kier molecular flexibility index (Phi) is 3.28. The van der Waals surface area contributed by atoms with E-state index in [0.717, 1.165) is 22.6 Å². The smallest absolute Gasteiger partial charge is 0.276 e. The molecule has 1 aliphatic rings. The first-order valence-corrected chi connectivity index (χ1v) is 8.31. The topological polar surface area (TPSA) is 57.8 Å². The fourth-order valence-corrected chi connectivity index (χ4v) is 3.13. The lowest BCUT2D eigenvalue weighted by molar-refractivity contribution is 0.174. The summed E-state index contributed by atoms with van der Waals surface area (Å²) in [6.45, 7) is 0.759. The maximum atomic E-state index is 12.8. The van der Waals surface area contributed by atoms with Crippen molar-refractivity contribution in [2.75, 3.05) is 6.79 Å². The van der Waals surface area contributed by atoms with Crippen LogP contribution in [0.15, 0.2) is 71.8 Å². The number of hydrogen-bond donors (Lipinski definition) is 0. The zero-order valence-corrected chi connectivity index (χ0v) is 13.8. The summed E-state index contributed by atoms with van der Waals surface area (Å²) in [6, 6.07) is 17.4. The first kappa shape index (κ1) is 14.8. The molecule has 1 aliphatic heterocycles. The quantitative estimate of drug-likeness (QED) is 0.573. The highest BCUT2D eigenvalue weighted by Crippen LogP contribution is 2.35. The Hall–Kier alpha value is -3.54. The third kappa shape index (κ3) is 2.43. The highest BCUT2D eigenvalue weighted by atomic mass is 16.7. The van der Waals surface area contributed by atoms with Crippen molar-refractivity contribution in [2.45, 2.75) is 6.54 Å². The van der Waals surface area contributed by atoms with Crippen LogP contribution in [0.2, 0.25) is 0 Å². The molecule has 0 N–H and O–H groups in total. The highest BCUT2D eigenvalue weighted by molar-refractivity contribution is 5.68. The summed E-state index contributed by atoms with van der Waals surface area (Å²) in [5.74, 6) is 1.42. The van der Waals surface area contributed by atoms with E-state index in [4.69, 9.17) is 9.47 Å². The number of aromatic nitrogens is 3. The van der Waals surface area contributed by atoms with Gasteiger partial charge in [0.2, 0.25) is 6.79 Å². The number of nitrogens with zero attached hydrogens (tertiary/aromatic N) is 3. The maximum Gasteiger partial charge on any atom is 0.276 e. The summed E-state index contributed by atoms with van der Waals surface area (Å²) in [7, 11) is 0. The van der Waals surface area contributed by atoms with Crippen LogP contribution in [0.4, 0.5) is 0 Å². The van der Waals surface area contributed by atoms with E-state index >= 15 is 0 Å². The number of ether oxygens (including phenoxy) is 2. The van der Waals surface area contributed by atoms with Crippen LogP contribution < -0.4 is 15.0 Å². The second-order valence-corrected chi connectivity index (χ2v) is 6.14. The minimum absolute atomic E-state index is 0.0733. The molecular weight excluding hydrogens is 330 g/mol. The molecule has 3 heterocycles. The minimum Gasteiger partial charge on any atom is -0.454 e. The predicted molar refractivity (Wildman–Crippen MR) is 96.6 cm³/mol. The van der Waals surface area contributed by atoms with Crippen molar-refractivity contribution in [3.8, 4) is 22.8 Å². The fraction of sp³-hybridized carbons (Fsp3) is 0.100. The van der Waals surface area contributed by atoms with Crippen LogP contribution in [0.25, 0.3) is 16.8 Å². The van der Waals surface area contributed by atoms with E-state index < -0.39 is 0 Å². The van der Waals surface area contributed by atoms with E-state index in [9.17, 15) is 4.79 Å². The number of hydrogen-bond acceptors (Lipinski definition) is 4. The van der Waals surface area contributed by atoms with E-state index in [0.29, 0.717) is 17.8 Å². The molecule has 0 aliphatic carbocycles. The molecule has 0 unspecified atom stereocenters. The van der Waals surface area contributed by atoms with Crippen LogP contribution in [0.3, 0.4) is 0 Å². The molecule has 6 heteroatoms. The van der Waals surface area contributed by atoms with Crippen molar-refractivity contribution >= 4 is 5.52 Å². The average molecular weight is 345 g/mol. The van der Waals surface area contributed by atoms with Gasteiger partial charge in [0.1, 0.15) is 5.52 Å². The average Bonchev–Trinajstić information content (AvgIpc) is 3.31. The Morgan fingerprint density at radius 1 is 0.962 bits per heavy atom. The molecular formula is C20H15N3O3. The van der Waals surface area contributed by atoms with Crippen LogP contribution >= 0.6 is 0 Å². The van der Waals surface area contributed by atoms with Gasteiger partial charge in [-0.15, -0.1) is 0 Å². The summed E-state index contributed by atoms with van der Waals surface area (Å²) >= 11 is 0. The van der Waals surface area contributed by atoms with Crippen LogP contribution in [0.5, 0.6) is 11.5 Å². The molecule has 2 aromatic carbocycles. The lowest BCUT2D eigenvalue weighted by atomic mass is 10.1. The van der Waals surface area contributed by atoms with Crippen LogP contribution in [-0.2, 0) is 6.54 Å². The van der Waals surface area contributed by atoms with Gasteiger partial charge in [-0.25, -0.2) is 4.52 Å². The summed E-state index contributed by atoms with van der Waals surface area (Å²) in [5, 5.41) is 4.52. The standard InChI is InChI=1S/C20H15N3O3/c24-20-17-11-16(15-6-7-18-19(10-15)26-13-25-18)21-23(17)9-8-22(20)12-14-4-2-1-3-5-14/h1-11H,12-13H2. The van der Waals surface area contributed by atoms with E-state index in [-0.39, 0.29) is 12.4 Å². The molecule has 6 nitrogen and oxygen atoms in total. The lowest BCUT2D eigenvalue weighted by Crippen LogP contribution is -2.21. The van der Waals surface area contributed by atoms with Crippen molar-refractivity contribution in [3.05, 3.63) is 82.9 Å². The monoisotopic (exact) mass is 345 g/mol. The van der Waals surface area contributed by atoms with Gasteiger partial charge in [0.25, 0.3) is 5.56 Å². The zero-order chi connectivity index (χ0) is 17.5. The van der Waals surface area contributed by atoms with E-state index in [2.05, 4.69) is 5.10 Å². The molecule has 0 saturated carbocycles. The molecule has 0 fully saturated rings. The molecule has 0 spiro atoms. The van der Waals surface area contributed by atoms with Crippen LogP contribution in [0.1, 0.15) is 5.56 Å². The normalized spacial score (nSPS) is 12.6. The van der Waals surface area contributed by atoms with Gasteiger partial charge in [-0.3, -0.25) is 4.79 Å². The Morgan fingerprint density at radius 2 is 1.81 bits per heavy atom. The second kappa shape index (κ2) is 5.77. The Balaban J connectivity index is 1.56. The Bertz CT molecular complexity index is 1160. The van der Waals surface area contributed by atoms with Crippen molar-refractivity contribution in [1.29, 1.82) is 0 Å². The van der Waals surface area contributed by atoms with Gasteiger partial charge in [0.05, 0.1) is 12.2 Å². The maximum absolute atomic E-state index is 12.8. The van der Waals surface area contributed by atoms with Crippen LogP contribution in [-0.4, -0.2) is 21.0 Å². The summed E-state index contributed by atoms with van der Waals surface area (Å²) in [5.41, 5.74) is 3.14. The lowest BCUT2D eigenvalue weighted by Gasteiger charge is -2.05. The number of rotatable bonds is 3. The molecule has 0 bridgehead atoms. The molecule has 2 aromatic heterocycles. The molecule has 0 amide bonds. The summed E-state index contributed by atoms with van der Waals surface area (Å²) in [4.78, 5) is 12.8. The van der Waals surface area contributed by atoms with Gasteiger partial charge in [-0.2, -0.15) is 5.10 Å². The third-order valence-electron chi connectivity index (χ3n) is 4.47. The molecule has 0 radical (unpaired) electrons. The molecule has 0 saturated heterocycles.